The highest BCUT2D eigenvalue weighted by Crippen LogP contribution is 2.17. The molecular weight excluding hydrogens is 250 g/mol. The summed E-state index contributed by atoms with van der Waals surface area (Å²) < 4.78 is 0.763. The molecule has 0 aliphatic carbocycles. The topological polar surface area (TPSA) is 58.8 Å². The summed E-state index contributed by atoms with van der Waals surface area (Å²) in [6.07, 6.45) is 3.42. The van der Waals surface area contributed by atoms with Gasteiger partial charge in [-0.1, -0.05) is 0 Å². The lowest BCUT2D eigenvalue weighted by molar-refractivity contribution is -0.164. The Morgan fingerprint density at radius 3 is 2.93 bits per heavy atom. The van der Waals surface area contributed by atoms with Gasteiger partial charge < -0.3 is 5.01 Å². The lowest BCUT2D eigenvalue weighted by Crippen LogP contribution is -2.36. The van der Waals surface area contributed by atoms with Crippen molar-refractivity contribution < 1.29 is 9.63 Å². The fourth-order valence-corrected chi connectivity index (χ4v) is 1.60. The lowest BCUT2D eigenvalue weighted by Gasteiger charge is -2.22. The van der Waals surface area contributed by atoms with Gasteiger partial charge in [0.15, 0.2) is 0 Å². The van der Waals surface area contributed by atoms with Gasteiger partial charge in [-0.25, -0.2) is 10.9 Å². The number of hydrazine groups is 1. The molecule has 0 radical (unpaired) electrons. The maximum absolute atomic E-state index is 11.6. The first-order valence-corrected chi connectivity index (χ1v) is 4.75. The Bertz CT molecular complexity index is 301. The molecule has 0 atom stereocenters. The quantitative estimate of drug-likeness (QED) is 0.576. The number of hydroxylamine groups is 2. The molecular formula is C8H12BrN3O2. The van der Waals surface area contributed by atoms with Crippen LogP contribution in [0, 0.1) is 0 Å². The van der Waals surface area contributed by atoms with Crippen molar-refractivity contribution in [3.8, 4) is 0 Å². The van der Waals surface area contributed by atoms with Crippen molar-refractivity contribution in [2.45, 2.75) is 0 Å². The van der Waals surface area contributed by atoms with E-state index in [-0.39, 0.29) is 5.91 Å². The van der Waals surface area contributed by atoms with E-state index in [9.17, 15) is 4.79 Å². The lowest BCUT2D eigenvalue weighted by atomic mass is 10.2. The molecule has 0 saturated heterocycles. The Hall–Kier alpha value is -0.850. The molecule has 6 heteroatoms. The Labute approximate surface area is 90.8 Å². The zero-order valence-corrected chi connectivity index (χ0v) is 9.61. The third-order valence-electron chi connectivity index (χ3n) is 1.79. The standard InChI is InChI=1S/C8H12BrN3O2/c1-11(14-2)8(13)6-3-7(9)5-12(10)4-6/h3,5H,4,10H2,1-2H3. The van der Waals surface area contributed by atoms with E-state index < -0.39 is 0 Å². The molecule has 1 aliphatic rings. The van der Waals surface area contributed by atoms with E-state index in [0.29, 0.717) is 12.1 Å². The zero-order valence-electron chi connectivity index (χ0n) is 8.03. The van der Waals surface area contributed by atoms with Gasteiger partial charge in [0.1, 0.15) is 0 Å². The van der Waals surface area contributed by atoms with E-state index in [4.69, 9.17) is 10.7 Å². The van der Waals surface area contributed by atoms with Crippen LogP contribution in [0.4, 0.5) is 0 Å². The molecule has 0 saturated carbocycles. The SMILES string of the molecule is CON(C)C(=O)C1=CC(Br)=CN(N)C1. The van der Waals surface area contributed by atoms with Crippen molar-refractivity contribution >= 4 is 21.8 Å². The van der Waals surface area contributed by atoms with E-state index in [2.05, 4.69) is 15.9 Å². The molecule has 1 amide bonds. The van der Waals surface area contributed by atoms with Crippen molar-refractivity contribution in [3.63, 3.8) is 0 Å². The van der Waals surface area contributed by atoms with Gasteiger partial charge in [0.2, 0.25) is 0 Å². The Morgan fingerprint density at radius 1 is 1.79 bits per heavy atom. The van der Waals surface area contributed by atoms with Crippen molar-refractivity contribution in [1.29, 1.82) is 0 Å². The fourth-order valence-electron chi connectivity index (χ4n) is 1.06. The van der Waals surface area contributed by atoms with Gasteiger partial charge >= 0.3 is 0 Å². The van der Waals surface area contributed by atoms with Crippen LogP contribution < -0.4 is 5.84 Å². The molecule has 1 aliphatic heterocycles. The zero-order chi connectivity index (χ0) is 10.7. The minimum Gasteiger partial charge on any atom is -0.313 e. The smallest absolute Gasteiger partial charge is 0.274 e. The van der Waals surface area contributed by atoms with Gasteiger partial charge in [0, 0.05) is 23.3 Å². The van der Waals surface area contributed by atoms with Crippen LogP contribution in [0.25, 0.3) is 0 Å². The van der Waals surface area contributed by atoms with Crippen molar-refractivity contribution in [3.05, 3.63) is 22.3 Å². The Balaban J connectivity index is 2.79. The van der Waals surface area contributed by atoms with Crippen LogP contribution in [0.1, 0.15) is 0 Å². The molecule has 5 nitrogen and oxygen atoms in total. The second-order valence-corrected chi connectivity index (χ2v) is 3.76. The van der Waals surface area contributed by atoms with Crippen LogP contribution in [-0.2, 0) is 9.63 Å². The monoisotopic (exact) mass is 261 g/mol. The van der Waals surface area contributed by atoms with E-state index in [1.54, 1.807) is 19.3 Å². The van der Waals surface area contributed by atoms with Crippen LogP contribution in [-0.4, -0.2) is 36.7 Å². The second-order valence-electron chi connectivity index (χ2n) is 2.84. The minimum atomic E-state index is -0.201. The molecule has 0 fully saturated rings. The van der Waals surface area contributed by atoms with Gasteiger partial charge in [-0.2, -0.15) is 0 Å². The number of amides is 1. The minimum absolute atomic E-state index is 0.201. The number of hydrogen-bond acceptors (Lipinski definition) is 4. The Morgan fingerprint density at radius 2 is 2.43 bits per heavy atom. The molecule has 2 N–H and O–H groups in total. The molecule has 1 rings (SSSR count). The molecule has 0 bridgehead atoms. The summed E-state index contributed by atoms with van der Waals surface area (Å²) in [5.74, 6) is 5.37. The summed E-state index contributed by atoms with van der Waals surface area (Å²) in [7, 11) is 2.99. The van der Waals surface area contributed by atoms with E-state index in [1.807, 2.05) is 0 Å². The Kier molecular flexibility index (Phi) is 3.68. The first-order chi connectivity index (χ1) is 6.54. The number of likely N-dealkylation sites (N-methyl/N-ethyl adjacent to an activating group) is 1. The molecule has 78 valence electrons. The summed E-state index contributed by atoms with van der Waals surface area (Å²) >= 11 is 3.26. The normalized spacial score (nSPS) is 16.1. The van der Waals surface area contributed by atoms with Gasteiger partial charge in [-0.05, 0) is 22.0 Å². The van der Waals surface area contributed by atoms with Crippen LogP contribution in [0.3, 0.4) is 0 Å². The highest BCUT2D eigenvalue weighted by Gasteiger charge is 2.18. The third kappa shape index (κ3) is 2.57. The van der Waals surface area contributed by atoms with Crippen LogP contribution in [0.15, 0.2) is 22.3 Å². The van der Waals surface area contributed by atoms with Gasteiger partial charge in [-0.3, -0.25) is 9.63 Å². The molecule has 0 unspecified atom stereocenters. The number of carbonyl (C=O) groups excluding carboxylic acids is 1. The molecule has 0 aromatic rings. The number of allylic oxidation sites excluding steroid dienone is 2. The highest BCUT2D eigenvalue weighted by atomic mass is 79.9. The van der Waals surface area contributed by atoms with Crippen LogP contribution >= 0.6 is 15.9 Å². The predicted molar refractivity (Wildman–Crippen MR) is 55.8 cm³/mol. The molecule has 1 heterocycles. The fraction of sp³-hybridized carbons (Fsp3) is 0.375. The molecule has 0 spiro atoms. The number of hydrogen-bond donors (Lipinski definition) is 1. The van der Waals surface area contributed by atoms with Crippen LogP contribution in [0.2, 0.25) is 0 Å². The number of nitrogens with zero attached hydrogens (tertiary/aromatic N) is 2. The predicted octanol–water partition coefficient (Wildman–Crippen LogP) is 0.358. The first kappa shape index (κ1) is 11.2. The number of rotatable bonds is 2. The average molecular weight is 262 g/mol. The van der Waals surface area contributed by atoms with E-state index in [1.165, 1.54) is 12.1 Å². The van der Waals surface area contributed by atoms with Crippen molar-refractivity contribution in [2.24, 2.45) is 5.84 Å². The summed E-state index contributed by atoms with van der Waals surface area (Å²) in [4.78, 5) is 16.4. The van der Waals surface area contributed by atoms with Crippen LogP contribution in [0.5, 0.6) is 0 Å². The third-order valence-corrected chi connectivity index (χ3v) is 2.22. The van der Waals surface area contributed by atoms with E-state index in [0.717, 1.165) is 9.55 Å². The van der Waals surface area contributed by atoms with Gasteiger partial charge in [0.25, 0.3) is 5.91 Å². The summed E-state index contributed by atoms with van der Waals surface area (Å²) in [5, 5.41) is 2.59. The first-order valence-electron chi connectivity index (χ1n) is 3.96. The highest BCUT2D eigenvalue weighted by molar-refractivity contribution is 9.11. The van der Waals surface area contributed by atoms with Crippen molar-refractivity contribution in [2.75, 3.05) is 20.7 Å². The maximum Gasteiger partial charge on any atom is 0.274 e. The molecule has 0 aromatic heterocycles. The maximum atomic E-state index is 11.6. The summed E-state index contributed by atoms with van der Waals surface area (Å²) in [6, 6.07) is 0. The largest absolute Gasteiger partial charge is 0.313 e. The summed E-state index contributed by atoms with van der Waals surface area (Å²) in [5.41, 5.74) is 0.575. The van der Waals surface area contributed by atoms with Gasteiger partial charge in [-0.15, -0.1) is 0 Å². The van der Waals surface area contributed by atoms with E-state index >= 15 is 0 Å². The number of nitrogens with two attached hydrogens (primary N) is 1. The molecule has 0 aromatic carbocycles. The van der Waals surface area contributed by atoms with Gasteiger partial charge in [0.05, 0.1) is 13.7 Å². The number of halogens is 1. The average Bonchev–Trinajstić information content (AvgIpc) is 2.14. The number of carbonyl (C=O) groups is 1. The summed E-state index contributed by atoms with van der Waals surface area (Å²) in [6.45, 7) is 0.377. The molecule has 14 heavy (non-hydrogen) atoms. The van der Waals surface area contributed by atoms with Crippen molar-refractivity contribution in [1.82, 2.24) is 10.1 Å². The second kappa shape index (κ2) is 4.59.